The highest BCUT2D eigenvalue weighted by molar-refractivity contribution is 6.33. The number of fused-ring (bicyclic) bond motifs is 2. The molecule has 5 rings (SSSR count). The van der Waals surface area contributed by atoms with Crippen molar-refractivity contribution in [2.45, 2.75) is 31.0 Å². The molecule has 1 aliphatic rings. The van der Waals surface area contributed by atoms with Gasteiger partial charge in [0.1, 0.15) is 40.5 Å². The fourth-order valence-electron chi connectivity index (χ4n) is 4.92. The highest BCUT2D eigenvalue weighted by Crippen LogP contribution is 2.48. The third-order valence-corrected chi connectivity index (χ3v) is 8.39. The lowest BCUT2D eigenvalue weighted by molar-refractivity contribution is -0.265. The Morgan fingerprint density at radius 2 is 1.84 bits per heavy atom. The standard InChI is InChI=1S/C30H24Cl2F4N4O5/c1-13-19(31)7-14-6-15(8-21(44-3)23(14)39-13)26(41)38-11-29(43,30(34,35)36)22-10-18-25(45-12-28(18,2)27(37)42)24(40-22)17-5-4-16(33)9-20(17)32/h4-10,43H,11-12H2,1-3H3,(H2,37,42)(H,38,41)/t28-,29?/m0/s1. The van der Waals surface area contributed by atoms with Crippen molar-refractivity contribution in [3.63, 3.8) is 0 Å². The second-order valence-corrected chi connectivity index (χ2v) is 11.5. The SMILES string of the molecule is COc1cc(C(=O)NCC(O)(c2cc3c(c(-c4ccc(F)cc4Cl)n2)OC[C@]3(C)C(N)=O)C(F)(F)F)cc2cc(Cl)c(C)nc12. The average molecular weight is 667 g/mol. The van der Waals surface area contributed by atoms with Gasteiger partial charge >= 0.3 is 6.18 Å². The van der Waals surface area contributed by atoms with E-state index in [2.05, 4.69) is 15.3 Å². The van der Waals surface area contributed by atoms with Crippen molar-refractivity contribution in [1.82, 2.24) is 15.3 Å². The second-order valence-electron chi connectivity index (χ2n) is 10.7. The van der Waals surface area contributed by atoms with Crippen LogP contribution in [0, 0.1) is 12.7 Å². The molecular formula is C30H24Cl2F4N4O5. The summed E-state index contributed by atoms with van der Waals surface area (Å²) >= 11 is 12.4. The number of aliphatic hydroxyl groups is 1. The molecule has 1 aliphatic heterocycles. The molecule has 2 atom stereocenters. The van der Waals surface area contributed by atoms with Crippen LogP contribution in [0.25, 0.3) is 22.2 Å². The topological polar surface area (TPSA) is 137 Å². The zero-order valence-electron chi connectivity index (χ0n) is 23.8. The molecule has 0 fully saturated rings. The summed E-state index contributed by atoms with van der Waals surface area (Å²) in [5.74, 6) is -2.60. The van der Waals surface area contributed by atoms with Crippen molar-refractivity contribution in [3.8, 4) is 22.8 Å². The van der Waals surface area contributed by atoms with Crippen LogP contribution in [0.2, 0.25) is 10.0 Å². The van der Waals surface area contributed by atoms with Crippen LogP contribution >= 0.6 is 23.2 Å². The number of carbonyl (C=O) groups is 2. The highest BCUT2D eigenvalue weighted by Gasteiger charge is 2.57. The number of pyridine rings is 2. The van der Waals surface area contributed by atoms with Gasteiger partial charge < -0.3 is 25.6 Å². The van der Waals surface area contributed by atoms with Crippen LogP contribution in [0.1, 0.15) is 34.2 Å². The van der Waals surface area contributed by atoms with Crippen LogP contribution in [-0.4, -0.2) is 53.3 Å². The molecule has 4 N–H and O–H groups in total. The Morgan fingerprint density at radius 3 is 2.47 bits per heavy atom. The summed E-state index contributed by atoms with van der Waals surface area (Å²) in [5.41, 5.74) is -0.518. The Labute approximate surface area is 263 Å². The molecule has 3 heterocycles. The molecule has 236 valence electrons. The maximum Gasteiger partial charge on any atom is 0.424 e. The van der Waals surface area contributed by atoms with Gasteiger partial charge in [-0.3, -0.25) is 9.59 Å². The Bertz CT molecular complexity index is 1890. The number of hydrogen-bond donors (Lipinski definition) is 3. The number of nitrogens with two attached hydrogens (primary N) is 1. The number of benzene rings is 2. The number of nitrogens with zero attached hydrogens (tertiary/aromatic N) is 2. The van der Waals surface area contributed by atoms with Crippen molar-refractivity contribution >= 4 is 45.9 Å². The van der Waals surface area contributed by atoms with Gasteiger partial charge in [0.05, 0.1) is 35.1 Å². The summed E-state index contributed by atoms with van der Waals surface area (Å²) in [5, 5.41) is 13.8. The summed E-state index contributed by atoms with van der Waals surface area (Å²) < 4.78 is 69.0. The number of aromatic nitrogens is 2. The number of rotatable bonds is 7. The van der Waals surface area contributed by atoms with Gasteiger partial charge in [0.15, 0.2) is 0 Å². The Hall–Kier alpha value is -4.20. The molecule has 2 amide bonds. The quantitative estimate of drug-likeness (QED) is 0.226. The lowest BCUT2D eigenvalue weighted by Gasteiger charge is -2.31. The predicted molar refractivity (Wildman–Crippen MR) is 157 cm³/mol. The van der Waals surface area contributed by atoms with Crippen LogP contribution in [0.5, 0.6) is 11.5 Å². The van der Waals surface area contributed by atoms with Gasteiger partial charge in [-0.1, -0.05) is 23.2 Å². The number of hydrogen-bond acceptors (Lipinski definition) is 7. The van der Waals surface area contributed by atoms with Crippen molar-refractivity contribution in [1.29, 1.82) is 0 Å². The second kappa shape index (κ2) is 11.3. The number of carbonyl (C=O) groups excluding carboxylic acids is 2. The molecule has 0 saturated heterocycles. The number of aryl methyl sites for hydroxylation is 1. The lowest BCUT2D eigenvalue weighted by Crippen LogP contribution is -2.51. The summed E-state index contributed by atoms with van der Waals surface area (Å²) in [6.45, 7) is 1.27. The van der Waals surface area contributed by atoms with Crippen LogP contribution < -0.4 is 20.5 Å². The van der Waals surface area contributed by atoms with Crippen LogP contribution in [0.4, 0.5) is 17.6 Å². The lowest BCUT2D eigenvalue weighted by atomic mass is 9.81. The van der Waals surface area contributed by atoms with E-state index in [0.717, 1.165) is 24.3 Å². The largest absolute Gasteiger partial charge is 0.494 e. The first-order chi connectivity index (χ1) is 21.0. The molecular weight excluding hydrogens is 643 g/mol. The van der Waals surface area contributed by atoms with E-state index in [0.29, 0.717) is 21.6 Å². The molecule has 0 radical (unpaired) electrons. The summed E-state index contributed by atoms with van der Waals surface area (Å²) in [6.07, 6.45) is -5.41. The smallest absolute Gasteiger partial charge is 0.424 e. The van der Waals surface area contributed by atoms with Gasteiger partial charge in [-0.25, -0.2) is 14.4 Å². The number of alkyl halides is 3. The van der Waals surface area contributed by atoms with Crippen LogP contribution in [-0.2, 0) is 15.8 Å². The van der Waals surface area contributed by atoms with E-state index in [-0.39, 0.29) is 45.5 Å². The van der Waals surface area contributed by atoms with Crippen LogP contribution in [0.3, 0.4) is 0 Å². The summed E-state index contributed by atoms with van der Waals surface area (Å²) in [6, 6.07) is 8.10. The minimum atomic E-state index is -5.41. The van der Waals surface area contributed by atoms with Gasteiger partial charge in [0.2, 0.25) is 11.5 Å². The van der Waals surface area contributed by atoms with Crippen molar-refractivity contribution < 1.29 is 41.7 Å². The zero-order valence-corrected chi connectivity index (χ0v) is 25.3. The molecule has 1 unspecified atom stereocenters. The first-order valence-corrected chi connectivity index (χ1v) is 13.9. The molecule has 0 spiro atoms. The third kappa shape index (κ3) is 5.49. The molecule has 0 bridgehead atoms. The van der Waals surface area contributed by atoms with E-state index in [9.17, 15) is 32.3 Å². The van der Waals surface area contributed by atoms with Gasteiger partial charge in [-0.2, -0.15) is 13.2 Å². The van der Waals surface area contributed by atoms with E-state index in [4.69, 9.17) is 38.4 Å². The van der Waals surface area contributed by atoms with E-state index in [1.165, 1.54) is 32.2 Å². The molecule has 45 heavy (non-hydrogen) atoms. The minimum Gasteiger partial charge on any atom is -0.494 e. The van der Waals surface area contributed by atoms with E-state index < -0.39 is 47.1 Å². The molecule has 2 aromatic heterocycles. The van der Waals surface area contributed by atoms with E-state index >= 15 is 0 Å². The minimum absolute atomic E-state index is 0.0378. The Balaban J connectivity index is 1.61. The molecule has 9 nitrogen and oxygen atoms in total. The van der Waals surface area contributed by atoms with E-state index in [1.807, 2.05) is 0 Å². The summed E-state index contributed by atoms with van der Waals surface area (Å²) in [7, 11) is 1.33. The van der Waals surface area contributed by atoms with E-state index in [1.54, 1.807) is 6.92 Å². The van der Waals surface area contributed by atoms with Crippen molar-refractivity contribution in [2.24, 2.45) is 5.73 Å². The number of primary amides is 1. The van der Waals surface area contributed by atoms with Gasteiger partial charge in [0, 0.05) is 22.1 Å². The molecule has 2 aromatic carbocycles. The molecule has 4 aromatic rings. The van der Waals surface area contributed by atoms with Gasteiger partial charge in [0.25, 0.3) is 5.91 Å². The Morgan fingerprint density at radius 1 is 1.13 bits per heavy atom. The highest BCUT2D eigenvalue weighted by atomic mass is 35.5. The predicted octanol–water partition coefficient (Wildman–Crippen LogP) is 5.38. The zero-order chi connectivity index (χ0) is 33.1. The van der Waals surface area contributed by atoms with Gasteiger partial charge in [-0.05, 0) is 56.3 Å². The third-order valence-electron chi connectivity index (χ3n) is 7.69. The number of methoxy groups -OCH3 is 1. The molecule has 15 heteroatoms. The molecule has 0 aliphatic carbocycles. The fourth-order valence-corrected chi connectivity index (χ4v) is 5.33. The first-order valence-electron chi connectivity index (χ1n) is 13.2. The molecule has 0 saturated carbocycles. The maximum absolute atomic E-state index is 14.7. The monoisotopic (exact) mass is 666 g/mol. The Kier molecular flexibility index (Phi) is 8.09. The van der Waals surface area contributed by atoms with Crippen LogP contribution in [0.15, 0.2) is 42.5 Å². The van der Waals surface area contributed by atoms with Crippen molar-refractivity contribution in [2.75, 3.05) is 20.3 Å². The normalized spacial score (nSPS) is 17.4. The summed E-state index contributed by atoms with van der Waals surface area (Å²) in [4.78, 5) is 34.0. The first kappa shape index (κ1) is 32.2. The fraction of sp³-hybridized carbons (Fsp3) is 0.267. The number of amides is 2. The van der Waals surface area contributed by atoms with Gasteiger partial charge in [-0.15, -0.1) is 0 Å². The average Bonchev–Trinajstić information content (AvgIpc) is 3.32. The maximum atomic E-state index is 14.7. The number of halogens is 6. The number of ether oxygens (including phenoxy) is 2. The number of nitrogens with one attached hydrogen (secondary N) is 1. The van der Waals surface area contributed by atoms with Crippen molar-refractivity contribution in [3.05, 3.63) is 80.8 Å².